The van der Waals surface area contributed by atoms with E-state index in [2.05, 4.69) is 54.8 Å². The first kappa shape index (κ1) is 10.3. The predicted molar refractivity (Wildman–Crippen MR) is 65.8 cm³/mol. The summed E-state index contributed by atoms with van der Waals surface area (Å²) in [6, 6.07) is 7.15. The van der Waals surface area contributed by atoms with Gasteiger partial charge < -0.3 is 15.5 Å². The van der Waals surface area contributed by atoms with E-state index in [-0.39, 0.29) is 0 Å². The van der Waals surface area contributed by atoms with Crippen molar-refractivity contribution in [3.8, 4) is 0 Å². The van der Waals surface area contributed by atoms with Gasteiger partial charge in [0.2, 0.25) is 0 Å². The van der Waals surface area contributed by atoms with E-state index in [1.165, 1.54) is 16.9 Å². The molecule has 2 N–H and O–H groups in total. The van der Waals surface area contributed by atoms with Gasteiger partial charge in [-0.05, 0) is 30.7 Å². The summed E-state index contributed by atoms with van der Waals surface area (Å²) in [6.45, 7) is 4.31. The molecule has 0 aliphatic carbocycles. The lowest BCUT2D eigenvalue weighted by Crippen LogP contribution is -2.51. The van der Waals surface area contributed by atoms with Crippen molar-refractivity contribution in [3.63, 3.8) is 0 Å². The number of hydrogen-bond acceptors (Lipinski definition) is 3. The lowest BCUT2D eigenvalue weighted by atomic mass is 10.1. The second kappa shape index (κ2) is 4.11. The fourth-order valence-electron chi connectivity index (χ4n) is 1.70. The Kier molecular flexibility index (Phi) is 2.82. The maximum Gasteiger partial charge on any atom is 0.0510 e. The Balaban J connectivity index is 2.11. The predicted octanol–water partition coefficient (Wildman–Crippen LogP) is 1.44. The SMILES string of the molecule is Cc1cc(N(C)C)ccc1NC1CNC1. The maximum atomic E-state index is 3.53. The molecule has 1 aliphatic rings. The largest absolute Gasteiger partial charge is 0.380 e. The Bertz CT molecular complexity index is 343. The van der Waals surface area contributed by atoms with Gasteiger partial charge in [0, 0.05) is 38.6 Å². The molecule has 1 heterocycles. The Morgan fingerprint density at radius 1 is 1.33 bits per heavy atom. The molecule has 15 heavy (non-hydrogen) atoms. The second-order valence-corrected chi connectivity index (χ2v) is 4.39. The molecule has 0 spiro atoms. The van der Waals surface area contributed by atoms with Crippen LogP contribution in [-0.4, -0.2) is 33.2 Å². The fourth-order valence-corrected chi connectivity index (χ4v) is 1.70. The van der Waals surface area contributed by atoms with Crippen molar-refractivity contribution in [2.24, 2.45) is 0 Å². The Morgan fingerprint density at radius 2 is 2.07 bits per heavy atom. The van der Waals surface area contributed by atoms with E-state index < -0.39 is 0 Å². The highest BCUT2D eigenvalue weighted by molar-refractivity contribution is 5.60. The van der Waals surface area contributed by atoms with Gasteiger partial charge in [-0.15, -0.1) is 0 Å². The third-order valence-electron chi connectivity index (χ3n) is 2.87. The first-order valence-corrected chi connectivity index (χ1v) is 5.42. The molecule has 0 saturated carbocycles. The molecule has 2 rings (SSSR count). The molecule has 0 amide bonds. The van der Waals surface area contributed by atoms with Crippen LogP contribution < -0.4 is 15.5 Å². The minimum absolute atomic E-state index is 0.605. The first-order chi connectivity index (χ1) is 7.16. The highest BCUT2D eigenvalue weighted by Gasteiger charge is 2.16. The smallest absolute Gasteiger partial charge is 0.0510 e. The zero-order chi connectivity index (χ0) is 10.8. The molecule has 0 radical (unpaired) electrons. The van der Waals surface area contributed by atoms with Gasteiger partial charge in [0.1, 0.15) is 0 Å². The zero-order valence-electron chi connectivity index (χ0n) is 9.67. The van der Waals surface area contributed by atoms with Gasteiger partial charge in [0.15, 0.2) is 0 Å². The highest BCUT2D eigenvalue weighted by atomic mass is 15.1. The zero-order valence-corrected chi connectivity index (χ0v) is 9.67. The Hall–Kier alpha value is -1.22. The molecule has 1 aromatic carbocycles. The molecule has 0 unspecified atom stereocenters. The van der Waals surface area contributed by atoms with Crippen LogP contribution in [0.2, 0.25) is 0 Å². The van der Waals surface area contributed by atoms with Crippen LogP contribution in [0.4, 0.5) is 11.4 Å². The maximum absolute atomic E-state index is 3.53. The average Bonchev–Trinajstić information content (AvgIpc) is 2.12. The number of nitrogens with zero attached hydrogens (tertiary/aromatic N) is 1. The summed E-state index contributed by atoms with van der Waals surface area (Å²) in [6.07, 6.45) is 0. The van der Waals surface area contributed by atoms with E-state index in [1.54, 1.807) is 0 Å². The Labute approximate surface area is 91.5 Å². The van der Waals surface area contributed by atoms with Crippen LogP contribution in [0, 0.1) is 6.92 Å². The van der Waals surface area contributed by atoms with Crippen LogP contribution in [0.25, 0.3) is 0 Å². The minimum atomic E-state index is 0.605. The van der Waals surface area contributed by atoms with Gasteiger partial charge in [-0.25, -0.2) is 0 Å². The van der Waals surface area contributed by atoms with Gasteiger partial charge in [-0.2, -0.15) is 0 Å². The molecular weight excluding hydrogens is 186 g/mol. The third kappa shape index (κ3) is 2.23. The summed E-state index contributed by atoms with van der Waals surface area (Å²) in [5.74, 6) is 0. The lowest BCUT2D eigenvalue weighted by Gasteiger charge is -2.30. The summed E-state index contributed by atoms with van der Waals surface area (Å²) in [4.78, 5) is 2.13. The number of rotatable bonds is 3. The molecule has 0 atom stereocenters. The molecule has 1 aromatic rings. The number of hydrogen-bond donors (Lipinski definition) is 2. The minimum Gasteiger partial charge on any atom is -0.380 e. The van der Waals surface area contributed by atoms with Crippen molar-refractivity contribution in [2.75, 3.05) is 37.4 Å². The Morgan fingerprint density at radius 3 is 2.53 bits per heavy atom. The summed E-state index contributed by atoms with van der Waals surface area (Å²) in [7, 11) is 4.13. The van der Waals surface area contributed by atoms with Crippen molar-refractivity contribution in [1.29, 1.82) is 0 Å². The number of benzene rings is 1. The normalized spacial score (nSPS) is 15.9. The van der Waals surface area contributed by atoms with E-state index in [1.807, 2.05) is 0 Å². The van der Waals surface area contributed by atoms with Gasteiger partial charge in [0.05, 0.1) is 6.04 Å². The van der Waals surface area contributed by atoms with Gasteiger partial charge in [-0.1, -0.05) is 0 Å². The number of anilines is 2. The van der Waals surface area contributed by atoms with Gasteiger partial charge in [0.25, 0.3) is 0 Å². The third-order valence-corrected chi connectivity index (χ3v) is 2.87. The molecule has 0 aromatic heterocycles. The molecule has 1 fully saturated rings. The van der Waals surface area contributed by atoms with Crippen molar-refractivity contribution >= 4 is 11.4 Å². The van der Waals surface area contributed by atoms with Gasteiger partial charge in [-0.3, -0.25) is 0 Å². The summed E-state index contributed by atoms with van der Waals surface area (Å²) < 4.78 is 0. The van der Waals surface area contributed by atoms with Crippen molar-refractivity contribution in [1.82, 2.24) is 5.32 Å². The quantitative estimate of drug-likeness (QED) is 0.782. The topological polar surface area (TPSA) is 27.3 Å². The molecular formula is C12H19N3. The van der Waals surface area contributed by atoms with Crippen molar-refractivity contribution in [3.05, 3.63) is 23.8 Å². The number of aryl methyl sites for hydroxylation is 1. The van der Waals surface area contributed by atoms with Crippen LogP contribution in [0.5, 0.6) is 0 Å². The van der Waals surface area contributed by atoms with Crippen molar-refractivity contribution in [2.45, 2.75) is 13.0 Å². The van der Waals surface area contributed by atoms with Crippen LogP contribution in [0.3, 0.4) is 0 Å². The molecule has 3 nitrogen and oxygen atoms in total. The number of nitrogens with one attached hydrogen (secondary N) is 2. The lowest BCUT2D eigenvalue weighted by molar-refractivity contribution is 0.472. The summed E-state index contributed by atoms with van der Waals surface area (Å²) >= 11 is 0. The monoisotopic (exact) mass is 205 g/mol. The summed E-state index contributed by atoms with van der Waals surface area (Å²) in [5, 5.41) is 6.79. The van der Waals surface area contributed by atoms with Gasteiger partial charge >= 0.3 is 0 Å². The molecule has 1 aliphatic heterocycles. The molecule has 82 valence electrons. The van der Waals surface area contributed by atoms with Crippen LogP contribution in [-0.2, 0) is 0 Å². The van der Waals surface area contributed by atoms with E-state index in [0.29, 0.717) is 6.04 Å². The van der Waals surface area contributed by atoms with Crippen LogP contribution in [0.1, 0.15) is 5.56 Å². The van der Waals surface area contributed by atoms with E-state index in [9.17, 15) is 0 Å². The first-order valence-electron chi connectivity index (χ1n) is 5.42. The van der Waals surface area contributed by atoms with Crippen LogP contribution >= 0.6 is 0 Å². The molecule has 1 saturated heterocycles. The standard InChI is InChI=1S/C12H19N3/c1-9-6-11(15(2)3)4-5-12(9)14-10-7-13-8-10/h4-6,10,13-14H,7-8H2,1-3H3. The average molecular weight is 205 g/mol. The molecule has 0 bridgehead atoms. The molecule has 3 heteroatoms. The van der Waals surface area contributed by atoms with Crippen molar-refractivity contribution < 1.29 is 0 Å². The van der Waals surface area contributed by atoms with Crippen LogP contribution in [0.15, 0.2) is 18.2 Å². The van der Waals surface area contributed by atoms with E-state index >= 15 is 0 Å². The second-order valence-electron chi connectivity index (χ2n) is 4.39. The summed E-state index contributed by atoms with van der Waals surface area (Å²) in [5.41, 5.74) is 3.82. The fraction of sp³-hybridized carbons (Fsp3) is 0.500. The highest BCUT2D eigenvalue weighted by Crippen LogP contribution is 2.22. The van der Waals surface area contributed by atoms with E-state index in [0.717, 1.165) is 13.1 Å². The van der Waals surface area contributed by atoms with E-state index in [4.69, 9.17) is 0 Å².